The minimum absolute atomic E-state index is 0.203. The summed E-state index contributed by atoms with van der Waals surface area (Å²) in [6, 6.07) is 0. The summed E-state index contributed by atoms with van der Waals surface area (Å²) in [7, 11) is 0. The van der Waals surface area contributed by atoms with E-state index in [2.05, 4.69) is 26.0 Å². The predicted molar refractivity (Wildman–Crippen MR) is 79.5 cm³/mol. The Morgan fingerprint density at radius 2 is 1.17 bits per heavy atom. The van der Waals surface area contributed by atoms with Crippen molar-refractivity contribution < 1.29 is 0 Å². The molecule has 94 valence electrons. The fourth-order valence-corrected chi connectivity index (χ4v) is 4.14. The standard InChI is InChI=1S/C14H10Cl4/c1-5(2)8-6-3-4-7(8)10-9(6)11(15)13(17)14(18)12(10)16/h3-4,6-7H,1-2H3/t6-,7-/m1/s1. The molecule has 0 heterocycles. The molecule has 2 aliphatic rings. The van der Waals surface area contributed by atoms with E-state index in [1.54, 1.807) is 0 Å². The molecule has 0 radical (unpaired) electrons. The Balaban J connectivity index is 2.38. The van der Waals surface area contributed by atoms with Crippen LogP contribution in [0.1, 0.15) is 36.8 Å². The first kappa shape index (κ1) is 12.9. The summed E-state index contributed by atoms with van der Waals surface area (Å²) in [4.78, 5) is 0. The van der Waals surface area contributed by atoms with Crippen LogP contribution in [0.2, 0.25) is 20.1 Å². The molecule has 0 spiro atoms. The fraction of sp³-hybridized carbons (Fsp3) is 0.286. The molecule has 0 saturated carbocycles. The van der Waals surface area contributed by atoms with Crippen LogP contribution in [0.25, 0.3) is 0 Å². The van der Waals surface area contributed by atoms with Gasteiger partial charge in [0.1, 0.15) is 0 Å². The van der Waals surface area contributed by atoms with Crippen LogP contribution in [-0.2, 0) is 0 Å². The highest BCUT2D eigenvalue weighted by Crippen LogP contribution is 2.60. The zero-order valence-corrected chi connectivity index (χ0v) is 12.8. The largest absolute Gasteiger partial charge is 0.0823 e. The van der Waals surface area contributed by atoms with Gasteiger partial charge in [-0.2, -0.15) is 0 Å². The maximum Gasteiger partial charge on any atom is 0.0797 e. The summed E-state index contributed by atoms with van der Waals surface area (Å²) in [6.45, 7) is 4.22. The van der Waals surface area contributed by atoms with Crippen LogP contribution in [0.3, 0.4) is 0 Å². The van der Waals surface area contributed by atoms with Gasteiger partial charge in [-0.1, -0.05) is 64.1 Å². The number of benzene rings is 1. The number of halogens is 4. The van der Waals surface area contributed by atoms with Gasteiger partial charge in [-0.25, -0.2) is 0 Å². The smallest absolute Gasteiger partial charge is 0.0797 e. The van der Waals surface area contributed by atoms with E-state index in [-0.39, 0.29) is 11.8 Å². The number of hydrogen-bond acceptors (Lipinski definition) is 0. The summed E-state index contributed by atoms with van der Waals surface area (Å²) in [6.07, 6.45) is 4.34. The maximum atomic E-state index is 6.35. The van der Waals surface area contributed by atoms with Gasteiger partial charge >= 0.3 is 0 Å². The Labute approximate surface area is 126 Å². The first-order chi connectivity index (χ1) is 8.45. The number of rotatable bonds is 0. The molecule has 0 saturated heterocycles. The second kappa shape index (κ2) is 4.18. The van der Waals surface area contributed by atoms with Crippen molar-refractivity contribution in [1.29, 1.82) is 0 Å². The van der Waals surface area contributed by atoms with Gasteiger partial charge in [0.2, 0.25) is 0 Å². The quantitative estimate of drug-likeness (QED) is 0.295. The van der Waals surface area contributed by atoms with E-state index in [4.69, 9.17) is 46.4 Å². The fourth-order valence-electron chi connectivity index (χ4n) is 3.02. The third-order valence-electron chi connectivity index (χ3n) is 3.71. The zero-order chi connectivity index (χ0) is 13.2. The van der Waals surface area contributed by atoms with Gasteiger partial charge in [0, 0.05) is 11.8 Å². The Kier molecular flexibility index (Phi) is 2.99. The number of hydrogen-bond donors (Lipinski definition) is 0. The molecule has 0 nitrogen and oxygen atoms in total. The third kappa shape index (κ3) is 1.47. The van der Waals surface area contributed by atoms with Crippen molar-refractivity contribution in [2.75, 3.05) is 0 Å². The molecular weight excluding hydrogens is 310 g/mol. The van der Waals surface area contributed by atoms with Crippen LogP contribution < -0.4 is 0 Å². The van der Waals surface area contributed by atoms with Crippen LogP contribution in [0.4, 0.5) is 0 Å². The molecular formula is C14H10Cl4. The van der Waals surface area contributed by atoms with Crippen molar-refractivity contribution in [3.8, 4) is 0 Å². The number of fused-ring (bicyclic) bond motifs is 5. The van der Waals surface area contributed by atoms with E-state index in [0.29, 0.717) is 20.1 Å². The molecule has 0 fully saturated rings. The van der Waals surface area contributed by atoms with E-state index < -0.39 is 0 Å². The van der Waals surface area contributed by atoms with Gasteiger partial charge in [0.15, 0.2) is 0 Å². The summed E-state index contributed by atoms with van der Waals surface area (Å²) in [5, 5.41) is 1.79. The zero-order valence-electron chi connectivity index (χ0n) is 9.82. The van der Waals surface area contributed by atoms with Crippen molar-refractivity contribution in [3.63, 3.8) is 0 Å². The van der Waals surface area contributed by atoms with E-state index >= 15 is 0 Å². The SMILES string of the molecule is CC(C)=C1[C@H]2C=C[C@H]1c1c(Cl)c(Cl)c(Cl)c(Cl)c12. The molecule has 3 rings (SSSR count). The lowest BCUT2D eigenvalue weighted by Gasteiger charge is -2.16. The minimum Gasteiger partial charge on any atom is -0.0823 e. The second-order valence-corrected chi connectivity index (χ2v) is 6.39. The molecule has 0 unspecified atom stereocenters. The average molecular weight is 320 g/mol. The van der Waals surface area contributed by atoms with Crippen molar-refractivity contribution in [3.05, 3.63) is 54.5 Å². The van der Waals surface area contributed by atoms with Crippen LogP contribution in [-0.4, -0.2) is 0 Å². The third-order valence-corrected chi connectivity index (χ3v) is 5.54. The summed E-state index contributed by atoms with van der Waals surface area (Å²) < 4.78 is 0. The molecule has 0 N–H and O–H groups in total. The highest BCUT2D eigenvalue weighted by molar-refractivity contribution is 6.52. The first-order valence-electron chi connectivity index (χ1n) is 5.66. The molecule has 1 aromatic rings. The van der Waals surface area contributed by atoms with E-state index in [1.807, 2.05) is 0 Å². The van der Waals surface area contributed by atoms with Gasteiger partial charge in [-0.05, 0) is 30.5 Å². The average Bonchev–Trinajstić information content (AvgIpc) is 2.88. The molecule has 2 aliphatic carbocycles. The lowest BCUT2D eigenvalue weighted by Crippen LogP contribution is -1.97. The Bertz CT molecular complexity index is 574. The van der Waals surface area contributed by atoms with Crippen LogP contribution in [0, 0.1) is 0 Å². The Hall–Kier alpha value is -0.140. The summed E-state index contributed by atoms with van der Waals surface area (Å²) in [5.41, 5.74) is 4.71. The topological polar surface area (TPSA) is 0 Å². The van der Waals surface area contributed by atoms with Crippen LogP contribution >= 0.6 is 46.4 Å². The van der Waals surface area contributed by atoms with Gasteiger partial charge in [-0.15, -0.1) is 0 Å². The lowest BCUT2D eigenvalue weighted by molar-refractivity contribution is 0.992. The van der Waals surface area contributed by atoms with Crippen molar-refractivity contribution in [2.24, 2.45) is 0 Å². The van der Waals surface area contributed by atoms with Gasteiger partial charge < -0.3 is 0 Å². The maximum absolute atomic E-state index is 6.35. The molecule has 0 aliphatic heterocycles. The van der Waals surface area contributed by atoms with Crippen molar-refractivity contribution in [2.45, 2.75) is 25.7 Å². The molecule has 18 heavy (non-hydrogen) atoms. The predicted octanol–water partition coefficient (Wildman–Crippen LogP) is 6.39. The van der Waals surface area contributed by atoms with E-state index in [9.17, 15) is 0 Å². The molecule has 2 bridgehead atoms. The summed E-state index contributed by atoms with van der Waals surface area (Å²) in [5.74, 6) is 0.407. The minimum atomic E-state index is 0.203. The Morgan fingerprint density at radius 1 is 0.778 bits per heavy atom. The number of allylic oxidation sites excluding steroid dienone is 4. The molecule has 0 amide bonds. The first-order valence-corrected chi connectivity index (χ1v) is 7.17. The van der Waals surface area contributed by atoms with E-state index in [1.165, 1.54) is 11.1 Å². The highest BCUT2D eigenvalue weighted by Gasteiger charge is 2.42. The highest BCUT2D eigenvalue weighted by atomic mass is 35.5. The molecule has 4 heteroatoms. The van der Waals surface area contributed by atoms with Crippen LogP contribution in [0.5, 0.6) is 0 Å². The van der Waals surface area contributed by atoms with Crippen molar-refractivity contribution >= 4 is 46.4 Å². The molecule has 2 atom stereocenters. The van der Waals surface area contributed by atoms with Gasteiger partial charge in [-0.3, -0.25) is 0 Å². The summed E-state index contributed by atoms with van der Waals surface area (Å²) >= 11 is 25.0. The monoisotopic (exact) mass is 318 g/mol. The normalized spacial score (nSPS) is 23.8. The lowest BCUT2D eigenvalue weighted by atomic mass is 9.97. The second-order valence-electron chi connectivity index (χ2n) is 4.88. The van der Waals surface area contributed by atoms with Gasteiger partial charge in [0.05, 0.1) is 20.1 Å². The molecule has 1 aromatic carbocycles. The van der Waals surface area contributed by atoms with Crippen molar-refractivity contribution in [1.82, 2.24) is 0 Å². The van der Waals surface area contributed by atoms with Crippen LogP contribution in [0.15, 0.2) is 23.3 Å². The van der Waals surface area contributed by atoms with E-state index in [0.717, 1.165) is 11.1 Å². The molecule has 0 aromatic heterocycles. The Morgan fingerprint density at radius 3 is 1.50 bits per heavy atom. The van der Waals surface area contributed by atoms with Gasteiger partial charge in [0.25, 0.3) is 0 Å².